The highest BCUT2D eigenvalue weighted by atomic mass is 35.5. The average Bonchev–Trinajstić information content (AvgIpc) is 3.53. The van der Waals surface area contributed by atoms with Crippen LogP contribution in [0.15, 0.2) is 73.3 Å². The van der Waals surface area contributed by atoms with Gasteiger partial charge in [0.25, 0.3) is 5.91 Å². The lowest BCUT2D eigenvalue weighted by molar-refractivity contribution is -0.120. The molecule has 3 aromatic carbocycles. The van der Waals surface area contributed by atoms with Crippen molar-refractivity contribution in [1.29, 1.82) is 0 Å². The van der Waals surface area contributed by atoms with E-state index in [1.807, 2.05) is 72.3 Å². The number of carbonyl (C=O) groups excluding carboxylic acids is 1. The number of amides is 1. The second kappa shape index (κ2) is 9.83. The molecule has 0 saturated heterocycles. The normalized spacial score (nSPS) is 11.2. The van der Waals surface area contributed by atoms with Crippen molar-refractivity contribution < 1.29 is 9.53 Å². The molecule has 0 bridgehead atoms. The highest BCUT2D eigenvalue weighted by Crippen LogP contribution is 2.34. The molecule has 0 unspecified atom stereocenters. The standard InChI is InChI=1S/C26H23ClN4O2S/c1-18-22(27)9-10-23-25(18)29-26(34-23)31(13-4-12-30-14-11-28-17-30)24(32)16-33-21-8-7-19-5-2-3-6-20(19)15-21/h2-3,5-11,14-15,17H,4,12-13,16H2,1H3. The van der Waals surface area contributed by atoms with E-state index >= 15 is 0 Å². The number of anilines is 1. The number of benzene rings is 3. The predicted octanol–water partition coefficient (Wildman–Crippen LogP) is 6.11. The maximum atomic E-state index is 13.3. The molecule has 0 saturated carbocycles. The number of fused-ring (bicyclic) bond motifs is 2. The Morgan fingerprint density at radius 3 is 2.82 bits per heavy atom. The summed E-state index contributed by atoms with van der Waals surface area (Å²) in [6.45, 7) is 3.15. The fourth-order valence-electron chi connectivity index (χ4n) is 3.84. The van der Waals surface area contributed by atoms with Crippen LogP contribution in [0, 0.1) is 6.92 Å². The minimum Gasteiger partial charge on any atom is -0.484 e. The van der Waals surface area contributed by atoms with Gasteiger partial charge in [-0.3, -0.25) is 9.69 Å². The number of nitrogens with zero attached hydrogens (tertiary/aromatic N) is 4. The van der Waals surface area contributed by atoms with Gasteiger partial charge in [-0.05, 0) is 53.9 Å². The molecule has 172 valence electrons. The molecule has 0 fully saturated rings. The molecule has 2 aromatic heterocycles. The van der Waals surface area contributed by atoms with Crippen LogP contribution < -0.4 is 9.64 Å². The third kappa shape index (κ3) is 4.76. The van der Waals surface area contributed by atoms with Crippen molar-refractivity contribution in [2.24, 2.45) is 0 Å². The van der Waals surface area contributed by atoms with Gasteiger partial charge in [-0.1, -0.05) is 53.3 Å². The monoisotopic (exact) mass is 490 g/mol. The van der Waals surface area contributed by atoms with E-state index in [0.29, 0.717) is 22.4 Å². The molecule has 0 radical (unpaired) electrons. The molecule has 0 spiro atoms. The molecule has 8 heteroatoms. The molecule has 5 rings (SSSR count). The third-order valence-electron chi connectivity index (χ3n) is 5.71. The summed E-state index contributed by atoms with van der Waals surface area (Å²) >= 11 is 7.78. The number of thiazole rings is 1. The van der Waals surface area contributed by atoms with Crippen molar-refractivity contribution in [3.8, 4) is 5.75 Å². The summed E-state index contributed by atoms with van der Waals surface area (Å²) in [5.74, 6) is 0.527. The fourth-order valence-corrected chi connectivity index (χ4v) is 5.06. The lowest BCUT2D eigenvalue weighted by Gasteiger charge is -2.20. The number of rotatable bonds is 8. The highest BCUT2D eigenvalue weighted by Gasteiger charge is 2.21. The number of imidazole rings is 1. The van der Waals surface area contributed by atoms with Gasteiger partial charge in [-0.25, -0.2) is 9.97 Å². The van der Waals surface area contributed by atoms with Gasteiger partial charge in [0.1, 0.15) is 5.75 Å². The first kappa shape index (κ1) is 22.4. The zero-order valence-corrected chi connectivity index (χ0v) is 20.2. The number of carbonyl (C=O) groups is 1. The Morgan fingerprint density at radius 1 is 1.15 bits per heavy atom. The van der Waals surface area contributed by atoms with Gasteiger partial charge in [0.2, 0.25) is 0 Å². The summed E-state index contributed by atoms with van der Waals surface area (Å²) in [4.78, 5) is 23.9. The van der Waals surface area contributed by atoms with Crippen LogP contribution in [0.25, 0.3) is 21.0 Å². The number of halogens is 1. The Hall–Kier alpha value is -3.42. The topological polar surface area (TPSA) is 60.2 Å². The van der Waals surface area contributed by atoms with Crippen molar-refractivity contribution in [1.82, 2.24) is 14.5 Å². The number of aryl methyl sites for hydroxylation is 2. The van der Waals surface area contributed by atoms with Crippen molar-refractivity contribution >= 4 is 55.0 Å². The first-order chi connectivity index (χ1) is 16.6. The zero-order chi connectivity index (χ0) is 23.5. The van der Waals surface area contributed by atoms with Gasteiger partial charge in [-0.15, -0.1) is 0 Å². The highest BCUT2D eigenvalue weighted by molar-refractivity contribution is 7.22. The van der Waals surface area contributed by atoms with Crippen LogP contribution in [0.1, 0.15) is 12.0 Å². The summed E-state index contributed by atoms with van der Waals surface area (Å²) in [6.07, 6.45) is 6.20. The van der Waals surface area contributed by atoms with Gasteiger partial charge in [0.05, 0.1) is 16.5 Å². The lowest BCUT2D eigenvalue weighted by Crippen LogP contribution is -2.36. The Bertz CT molecular complexity index is 1450. The Morgan fingerprint density at radius 2 is 2.00 bits per heavy atom. The van der Waals surface area contributed by atoms with Crippen molar-refractivity contribution in [2.45, 2.75) is 19.9 Å². The zero-order valence-electron chi connectivity index (χ0n) is 18.6. The van der Waals surface area contributed by atoms with Crippen LogP contribution >= 0.6 is 22.9 Å². The first-order valence-corrected chi connectivity index (χ1v) is 12.2. The molecule has 0 aliphatic carbocycles. The van der Waals surface area contributed by atoms with E-state index in [1.165, 1.54) is 11.3 Å². The number of hydrogen-bond acceptors (Lipinski definition) is 5. The quantitative estimate of drug-likeness (QED) is 0.263. The summed E-state index contributed by atoms with van der Waals surface area (Å²) < 4.78 is 8.89. The van der Waals surface area contributed by atoms with Crippen LogP contribution in [-0.2, 0) is 11.3 Å². The summed E-state index contributed by atoms with van der Waals surface area (Å²) in [5.41, 5.74) is 1.75. The molecule has 6 nitrogen and oxygen atoms in total. The van der Waals surface area contributed by atoms with Crippen LogP contribution in [0.3, 0.4) is 0 Å². The third-order valence-corrected chi connectivity index (χ3v) is 7.16. The molecule has 0 atom stereocenters. The molecule has 5 aromatic rings. The predicted molar refractivity (Wildman–Crippen MR) is 138 cm³/mol. The van der Waals surface area contributed by atoms with Crippen LogP contribution in [0.5, 0.6) is 5.75 Å². The van der Waals surface area contributed by atoms with Gasteiger partial charge >= 0.3 is 0 Å². The molecule has 1 amide bonds. The van der Waals surface area contributed by atoms with E-state index in [4.69, 9.17) is 21.3 Å². The smallest absolute Gasteiger partial charge is 0.266 e. The van der Waals surface area contributed by atoms with Gasteiger partial charge < -0.3 is 9.30 Å². The largest absolute Gasteiger partial charge is 0.484 e. The lowest BCUT2D eigenvalue weighted by atomic mass is 10.1. The molecule has 0 N–H and O–H groups in total. The van der Waals surface area contributed by atoms with E-state index in [2.05, 4.69) is 4.98 Å². The molecule has 0 aliphatic rings. The average molecular weight is 491 g/mol. The molecule has 2 heterocycles. The second-order valence-electron chi connectivity index (χ2n) is 8.01. The maximum absolute atomic E-state index is 13.3. The minimum atomic E-state index is -0.137. The van der Waals surface area contributed by atoms with E-state index in [-0.39, 0.29) is 12.5 Å². The summed E-state index contributed by atoms with van der Waals surface area (Å²) in [7, 11) is 0. The number of ether oxygens (including phenoxy) is 1. The van der Waals surface area contributed by atoms with E-state index in [1.54, 1.807) is 17.4 Å². The SMILES string of the molecule is Cc1c(Cl)ccc2sc(N(CCCn3ccnc3)C(=O)COc3ccc4ccccc4c3)nc12. The van der Waals surface area contributed by atoms with Crippen molar-refractivity contribution in [3.63, 3.8) is 0 Å². The van der Waals surface area contributed by atoms with Crippen molar-refractivity contribution in [2.75, 3.05) is 18.1 Å². The second-order valence-corrected chi connectivity index (χ2v) is 9.43. The fraction of sp³-hybridized carbons (Fsp3) is 0.192. The van der Waals surface area contributed by atoms with Crippen molar-refractivity contribution in [3.05, 3.63) is 83.9 Å². The van der Waals surface area contributed by atoms with Gasteiger partial charge in [-0.2, -0.15) is 0 Å². The molecule has 34 heavy (non-hydrogen) atoms. The molecular weight excluding hydrogens is 468 g/mol. The van der Waals surface area contributed by atoms with E-state index < -0.39 is 0 Å². The minimum absolute atomic E-state index is 0.0704. The Balaban J connectivity index is 1.36. The maximum Gasteiger partial charge on any atom is 0.266 e. The molecular formula is C26H23ClN4O2S. The molecule has 0 aliphatic heterocycles. The van der Waals surface area contributed by atoms with Crippen LogP contribution in [0.4, 0.5) is 5.13 Å². The summed E-state index contributed by atoms with van der Waals surface area (Å²) in [6, 6.07) is 17.7. The van der Waals surface area contributed by atoms with Gasteiger partial charge in [0.15, 0.2) is 11.7 Å². The summed E-state index contributed by atoms with van der Waals surface area (Å²) in [5, 5.41) is 3.52. The van der Waals surface area contributed by atoms with E-state index in [0.717, 1.165) is 39.5 Å². The number of hydrogen-bond donors (Lipinski definition) is 0. The van der Waals surface area contributed by atoms with Gasteiger partial charge in [0, 0.05) is 30.5 Å². The Kier molecular flexibility index (Phi) is 6.47. The van der Waals surface area contributed by atoms with Crippen LogP contribution in [0.2, 0.25) is 5.02 Å². The number of aromatic nitrogens is 3. The first-order valence-electron chi connectivity index (χ1n) is 11.0. The van der Waals surface area contributed by atoms with E-state index in [9.17, 15) is 4.79 Å². The Labute approximate surface area is 206 Å². The van der Waals surface area contributed by atoms with Crippen LogP contribution in [-0.4, -0.2) is 33.6 Å².